The molecule has 4 rings (SSSR count). The number of hydrogen-bond acceptors (Lipinski definition) is 11. The minimum Gasteiger partial charge on any atom is -0.461 e. The molecule has 2 aromatic rings. The van der Waals surface area contributed by atoms with Gasteiger partial charge in [0, 0.05) is 16.1 Å². The number of hydrogen-bond donors (Lipinski definition) is 3. The molecule has 2 unspecified atom stereocenters. The number of nitrogens with two attached hydrogens (primary N) is 1. The van der Waals surface area contributed by atoms with Crippen molar-refractivity contribution >= 4 is 31.1 Å². The maximum Gasteiger partial charge on any atom is 0.459 e. The van der Waals surface area contributed by atoms with Crippen LogP contribution in [0.2, 0.25) is 5.02 Å². The highest BCUT2D eigenvalue weighted by atomic mass is 35.5. The lowest BCUT2D eigenvalue weighted by Crippen LogP contribution is -2.45. The van der Waals surface area contributed by atoms with Crippen LogP contribution in [0, 0.1) is 0 Å². The average Bonchev–Trinajstić information content (AvgIpc) is 3.19. The first kappa shape index (κ1) is 31.8. The lowest BCUT2D eigenvalue weighted by Gasteiger charge is -2.28. The van der Waals surface area contributed by atoms with Gasteiger partial charge in [-0.1, -0.05) is 23.1 Å². The Morgan fingerprint density at radius 1 is 1.36 bits per heavy atom. The van der Waals surface area contributed by atoms with E-state index in [9.17, 15) is 24.8 Å². The molecular weight excluding hydrogens is 593 g/mol. The summed E-state index contributed by atoms with van der Waals surface area (Å²) >= 11 is 5.95. The fourth-order valence-electron chi connectivity index (χ4n) is 4.82. The summed E-state index contributed by atoms with van der Waals surface area (Å²) in [5.74, 6) is -0.552. The zero-order valence-corrected chi connectivity index (χ0v) is 24.7. The summed E-state index contributed by atoms with van der Waals surface area (Å²) in [6.45, 7) is 2.28. The van der Waals surface area contributed by atoms with E-state index in [0.717, 1.165) is 36.7 Å². The first-order chi connectivity index (χ1) is 19.9. The number of aliphatic hydroxyl groups excluding tert-OH is 1. The first-order valence-corrected chi connectivity index (χ1v) is 15.3. The fourth-order valence-corrected chi connectivity index (χ4v) is 6.45. The summed E-state index contributed by atoms with van der Waals surface area (Å²) in [6, 6.07) is 6.19. The number of azide groups is 1. The van der Waals surface area contributed by atoms with Gasteiger partial charge in [-0.3, -0.25) is 13.9 Å². The van der Waals surface area contributed by atoms with E-state index in [1.807, 2.05) is 0 Å². The molecule has 1 saturated carbocycles. The molecule has 1 aromatic carbocycles. The molecule has 1 aliphatic carbocycles. The molecule has 2 aliphatic rings. The van der Waals surface area contributed by atoms with Gasteiger partial charge in [0.05, 0.1) is 12.7 Å². The van der Waals surface area contributed by atoms with Crippen molar-refractivity contribution < 1.29 is 33.0 Å². The molecule has 15 nitrogen and oxygen atoms in total. The van der Waals surface area contributed by atoms with Crippen molar-refractivity contribution in [2.24, 2.45) is 5.11 Å². The SMILES string of the molecule is C[C@H](NP(=O)(OC[C@H]1OC(n2ccc(N)nc2=O)[C@](C)(N=[N+]=[N-])[C@@H]1O)Oc1ccc(Cl)cc1)C(=O)OC1CCCCC1. The Balaban J connectivity index is 1.54. The highest BCUT2D eigenvalue weighted by Gasteiger charge is 2.55. The predicted molar refractivity (Wildman–Crippen MR) is 152 cm³/mol. The summed E-state index contributed by atoms with van der Waals surface area (Å²) in [6.07, 6.45) is 1.46. The van der Waals surface area contributed by atoms with E-state index < -0.39 is 56.0 Å². The van der Waals surface area contributed by atoms with Crippen LogP contribution in [0.25, 0.3) is 10.4 Å². The molecule has 17 heteroatoms. The summed E-state index contributed by atoms with van der Waals surface area (Å²) in [5.41, 5.74) is 12.3. The molecule has 2 heterocycles. The van der Waals surface area contributed by atoms with E-state index in [2.05, 4.69) is 20.1 Å². The van der Waals surface area contributed by atoms with Gasteiger partial charge >= 0.3 is 19.4 Å². The Morgan fingerprint density at radius 2 is 2.05 bits per heavy atom. The van der Waals surface area contributed by atoms with Crippen LogP contribution in [0.5, 0.6) is 5.75 Å². The molecule has 0 radical (unpaired) electrons. The van der Waals surface area contributed by atoms with Crippen molar-refractivity contribution in [2.45, 2.75) is 82.1 Å². The number of nitrogens with zero attached hydrogens (tertiary/aromatic N) is 5. The summed E-state index contributed by atoms with van der Waals surface area (Å²) < 4.78 is 37.8. The number of esters is 1. The normalized spacial score (nSPS) is 26.5. The van der Waals surface area contributed by atoms with Crippen molar-refractivity contribution in [3.63, 3.8) is 0 Å². The number of halogens is 1. The van der Waals surface area contributed by atoms with Gasteiger partial charge < -0.3 is 24.8 Å². The molecule has 0 spiro atoms. The zero-order chi connectivity index (χ0) is 30.5. The van der Waals surface area contributed by atoms with E-state index in [1.54, 1.807) is 0 Å². The quantitative estimate of drug-likeness (QED) is 0.107. The van der Waals surface area contributed by atoms with Crippen LogP contribution in [0.1, 0.15) is 52.2 Å². The number of aliphatic hydroxyl groups is 1. The third-order valence-corrected chi connectivity index (χ3v) is 9.00. The van der Waals surface area contributed by atoms with Gasteiger partial charge in [0.2, 0.25) is 0 Å². The minimum atomic E-state index is -4.35. The Hall–Kier alpha value is -3.16. The van der Waals surface area contributed by atoms with Gasteiger partial charge in [0.25, 0.3) is 0 Å². The van der Waals surface area contributed by atoms with Gasteiger partial charge in [-0.25, -0.2) is 9.36 Å². The summed E-state index contributed by atoms with van der Waals surface area (Å²) in [5, 5.41) is 17.8. The monoisotopic (exact) mass is 625 g/mol. The van der Waals surface area contributed by atoms with Gasteiger partial charge in [-0.15, -0.1) is 0 Å². The van der Waals surface area contributed by atoms with E-state index in [0.29, 0.717) is 5.02 Å². The van der Waals surface area contributed by atoms with Crippen molar-refractivity contribution in [3.05, 3.63) is 62.5 Å². The topological polar surface area (TPSA) is 213 Å². The summed E-state index contributed by atoms with van der Waals surface area (Å²) in [4.78, 5) is 31.8. The van der Waals surface area contributed by atoms with Crippen molar-refractivity contribution in [2.75, 3.05) is 12.3 Å². The Labute approximate surface area is 246 Å². The second-order valence-corrected chi connectivity index (χ2v) is 12.4. The standard InChI is InChI=1S/C25H33ClN7O8P/c1-15(22(35)39-17-6-4-3-5-7-17)30-42(37,41-18-10-8-16(26)9-11-18)38-14-19-21(34)25(2,31-32-28)23(40-19)33-13-12-20(27)29-24(33)36/h8-13,15,17,19,21,23,34H,3-7,14H2,1-2H3,(H,30,37)(H2,27,29,36)/t15-,19+,21+,23?,25+,42?/m0/s1. The molecule has 1 aromatic heterocycles. The molecule has 228 valence electrons. The van der Waals surface area contributed by atoms with Crippen LogP contribution >= 0.6 is 19.3 Å². The van der Waals surface area contributed by atoms with Crippen molar-refractivity contribution in [1.29, 1.82) is 0 Å². The van der Waals surface area contributed by atoms with Crippen LogP contribution in [0.4, 0.5) is 5.82 Å². The highest BCUT2D eigenvalue weighted by Crippen LogP contribution is 2.47. The molecule has 1 aliphatic heterocycles. The molecular formula is C25H33ClN7O8P. The van der Waals surface area contributed by atoms with Crippen LogP contribution in [-0.2, 0) is 23.4 Å². The molecule has 2 fully saturated rings. The lowest BCUT2D eigenvalue weighted by atomic mass is 9.93. The van der Waals surface area contributed by atoms with Crippen molar-refractivity contribution in [3.8, 4) is 5.75 Å². The number of aromatic nitrogens is 2. The molecule has 4 N–H and O–H groups in total. The predicted octanol–water partition coefficient (Wildman–Crippen LogP) is 3.86. The zero-order valence-electron chi connectivity index (χ0n) is 23.0. The van der Waals surface area contributed by atoms with Crippen LogP contribution in [-0.4, -0.2) is 57.1 Å². The maximum atomic E-state index is 14.0. The highest BCUT2D eigenvalue weighted by molar-refractivity contribution is 7.52. The Morgan fingerprint density at radius 3 is 2.69 bits per heavy atom. The number of nitrogens with one attached hydrogen (secondary N) is 1. The van der Waals surface area contributed by atoms with E-state index in [1.165, 1.54) is 50.4 Å². The summed E-state index contributed by atoms with van der Waals surface area (Å²) in [7, 11) is -4.35. The molecule has 6 atom stereocenters. The molecule has 0 amide bonds. The lowest BCUT2D eigenvalue weighted by molar-refractivity contribution is -0.152. The number of rotatable bonds is 11. The van der Waals surface area contributed by atoms with Crippen LogP contribution in [0.3, 0.4) is 0 Å². The van der Waals surface area contributed by atoms with Crippen molar-refractivity contribution in [1.82, 2.24) is 14.6 Å². The number of benzene rings is 1. The van der Waals surface area contributed by atoms with E-state index >= 15 is 0 Å². The number of anilines is 1. The fraction of sp³-hybridized carbons (Fsp3) is 0.560. The van der Waals surface area contributed by atoms with Crippen LogP contribution < -0.4 is 21.0 Å². The number of nitrogen functional groups attached to an aromatic ring is 1. The minimum absolute atomic E-state index is 0.0392. The largest absolute Gasteiger partial charge is 0.461 e. The first-order valence-electron chi connectivity index (χ1n) is 13.4. The van der Waals surface area contributed by atoms with Gasteiger partial charge in [0.1, 0.15) is 35.4 Å². The van der Waals surface area contributed by atoms with Gasteiger partial charge in [-0.2, -0.15) is 10.1 Å². The maximum absolute atomic E-state index is 14.0. The molecule has 1 saturated heterocycles. The molecule has 0 bridgehead atoms. The van der Waals surface area contributed by atoms with Gasteiger partial charge in [0.15, 0.2) is 6.23 Å². The third kappa shape index (κ3) is 7.42. The number of carbonyl (C=O) groups is 1. The number of ether oxygens (including phenoxy) is 2. The average molecular weight is 626 g/mol. The smallest absolute Gasteiger partial charge is 0.459 e. The second kappa shape index (κ2) is 13.4. The molecule has 42 heavy (non-hydrogen) atoms. The second-order valence-electron chi connectivity index (χ2n) is 10.3. The Kier molecular flexibility index (Phi) is 10.2. The third-order valence-electron chi connectivity index (χ3n) is 7.11. The van der Waals surface area contributed by atoms with Gasteiger partial charge in [-0.05, 0) is 75.4 Å². The number of carbonyl (C=O) groups excluding carboxylic acids is 1. The van der Waals surface area contributed by atoms with E-state index in [4.69, 9.17) is 35.9 Å². The van der Waals surface area contributed by atoms with Crippen LogP contribution in [0.15, 0.2) is 46.4 Å². The Bertz CT molecular complexity index is 1420. The van der Waals surface area contributed by atoms with E-state index in [-0.39, 0.29) is 17.7 Å².